The summed E-state index contributed by atoms with van der Waals surface area (Å²) in [5, 5.41) is 11.8. The number of hydrogen-bond donors (Lipinski definition) is 1. The lowest BCUT2D eigenvalue weighted by Crippen LogP contribution is -2.62. The van der Waals surface area contributed by atoms with Gasteiger partial charge in [-0.15, -0.1) is 10.2 Å². The Hall–Kier alpha value is -2.93. The van der Waals surface area contributed by atoms with Crippen LogP contribution in [0.15, 0.2) is 24.5 Å². The van der Waals surface area contributed by atoms with Crippen LogP contribution >= 0.6 is 0 Å². The van der Waals surface area contributed by atoms with Crippen molar-refractivity contribution in [2.45, 2.75) is 72.0 Å². The van der Waals surface area contributed by atoms with Crippen LogP contribution in [0.1, 0.15) is 64.2 Å². The number of anilines is 1. The van der Waals surface area contributed by atoms with Crippen molar-refractivity contribution in [3.8, 4) is 11.6 Å². The normalized spacial score (nSPS) is 17.0. The maximum Gasteiger partial charge on any atom is 0.282 e. The van der Waals surface area contributed by atoms with Gasteiger partial charge in [0.25, 0.3) is 11.8 Å². The van der Waals surface area contributed by atoms with Gasteiger partial charge in [-0.25, -0.2) is 9.37 Å². The first-order valence-electron chi connectivity index (χ1n) is 16.3. The molecule has 0 radical (unpaired) electrons. The number of hydrogen-bond acceptors (Lipinski definition) is 10. The van der Waals surface area contributed by atoms with Crippen LogP contribution < -0.4 is 15.0 Å². The number of ether oxygens (including phenoxy) is 3. The topological polar surface area (TPSA) is 105 Å². The second-order valence-corrected chi connectivity index (χ2v) is 13.1. The molecule has 0 bridgehead atoms. The lowest BCUT2D eigenvalue weighted by molar-refractivity contribution is -0.0340. The number of methoxy groups -OCH3 is 2. The Balaban J connectivity index is 1.39. The Bertz CT molecular complexity index is 1240. The van der Waals surface area contributed by atoms with Gasteiger partial charge in [0.15, 0.2) is 5.82 Å². The monoisotopic (exact) mass is 629 g/mol. The fourth-order valence-electron chi connectivity index (χ4n) is 6.85. The zero-order valence-corrected chi connectivity index (χ0v) is 28.1. The third-order valence-electron chi connectivity index (χ3n) is 9.07. The second-order valence-electron chi connectivity index (χ2n) is 13.1. The number of carbonyl (C=O) groups is 1. The van der Waals surface area contributed by atoms with Crippen LogP contribution in [0, 0.1) is 17.2 Å². The number of halogens is 1. The molecule has 3 heterocycles. The Morgan fingerprint density at radius 2 is 1.87 bits per heavy atom. The van der Waals surface area contributed by atoms with E-state index in [1.165, 1.54) is 24.5 Å². The SMILES string of the molecule is CCN(C(=O)c1cc(F)ccc1Oc1nncnc1N1CCC2(C1)CN(C(CCCNC(COC)COC)C(C)C)C2)C(C)C. The molecule has 250 valence electrons. The van der Waals surface area contributed by atoms with Gasteiger partial charge in [0, 0.05) is 64.4 Å². The minimum atomic E-state index is -0.503. The van der Waals surface area contributed by atoms with E-state index in [9.17, 15) is 9.18 Å². The number of aromatic nitrogens is 3. The van der Waals surface area contributed by atoms with Gasteiger partial charge in [-0.2, -0.15) is 0 Å². The molecular formula is C33H52FN7O4. The zero-order valence-electron chi connectivity index (χ0n) is 28.1. The first-order valence-corrected chi connectivity index (χ1v) is 16.3. The Labute approximate surface area is 267 Å². The molecule has 1 spiro atoms. The van der Waals surface area contributed by atoms with E-state index in [0.29, 0.717) is 37.5 Å². The van der Waals surface area contributed by atoms with E-state index in [-0.39, 0.29) is 40.6 Å². The summed E-state index contributed by atoms with van der Waals surface area (Å²) in [6.45, 7) is 16.9. The van der Waals surface area contributed by atoms with Gasteiger partial charge < -0.3 is 29.3 Å². The van der Waals surface area contributed by atoms with Crippen molar-refractivity contribution < 1.29 is 23.4 Å². The molecule has 4 rings (SSSR count). The molecule has 1 N–H and O–H groups in total. The average Bonchev–Trinajstić information content (AvgIpc) is 3.43. The molecule has 0 aliphatic carbocycles. The van der Waals surface area contributed by atoms with Crippen LogP contribution in [0.3, 0.4) is 0 Å². The average molecular weight is 630 g/mol. The van der Waals surface area contributed by atoms with Crippen LogP contribution in [0.25, 0.3) is 0 Å². The van der Waals surface area contributed by atoms with Gasteiger partial charge in [-0.3, -0.25) is 9.69 Å². The fraction of sp³-hybridized carbons (Fsp3) is 0.697. The molecule has 2 aliphatic rings. The van der Waals surface area contributed by atoms with Crippen molar-refractivity contribution >= 4 is 11.7 Å². The molecule has 1 atom stereocenters. The quantitative estimate of drug-likeness (QED) is 0.256. The van der Waals surface area contributed by atoms with E-state index in [1.807, 2.05) is 20.8 Å². The van der Waals surface area contributed by atoms with Gasteiger partial charge >= 0.3 is 0 Å². The Kier molecular flexibility index (Phi) is 12.5. The largest absolute Gasteiger partial charge is 0.434 e. The molecule has 12 heteroatoms. The van der Waals surface area contributed by atoms with Gasteiger partial charge in [0.2, 0.25) is 0 Å². The Morgan fingerprint density at radius 1 is 1.13 bits per heavy atom. The van der Waals surface area contributed by atoms with Crippen LogP contribution in [-0.2, 0) is 9.47 Å². The summed E-state index contributed by atoms with van der Waals surface area (Å²) in [6, 6.07) is 4.67. The molecule has 2 saturated heterocycles. The second kappa shape index (κ2) is 16.1. The van der Waals surface area contributed by atoms with Gasteiger partial charge in [-0.1, -0.05) is 13.8 Å². The summed E-state index contributed by atoms with van der Waals surface area (Å²) >= 11 is 0. The maximum atomic E-state index is 14.3. The van der Waals surface area contributed by atoms with E-state index in [2.05, 4.69) is 44.1 Å². The summed E-state index contributed by atoms with van der Waals surface area (Å²) in [5.41, 5.74) is 0.337. The van der Waals surface area contributed by atoms with Crippen molar-refractivity contribution in [3.63, 3.8) is 0 Å². The van der Waals surface area contributed by atoms with Crippen LogP contribution in [0.2, 0.25) is 0 Å². The standard InChI is InChI=1S/C33H52FN7O4/c1-8-41(24(4)5)32(42)27-16-25(34)11-12-29(27)45-31-30(36-22-37-38-31)39-15-13-33(19-39)20-40(21-33)28(23(2)3)10-9-14-35-26(17-43-6)18-44-7/h11-12,16,22-24,26,28,35H,8-10,13-15,17-21H2,1-7H3. The minimum absolute atomic E-state index is 0.0451. The third-order valence-corrected chi connectivity index (χ3v) is 9.07. The molecule has 0 saturated carbocycles. The molecule has 2 fully saturated rings. The summed E-state index contributed by atoms with van der Waals surface area (Å²) in [4.78, 5) is 24.4. The number of carbonyl (C=O) groups excluding carboxylic acids is 1. The van der Waals surface area contributed by atoms with E-state index in [0.717, 1.165) is 52.0 Å². The van der Waals surface area contributed by atoms with Crippen LogP contribution in [0.5, 0.6) is 11.6 Å². The highest BCUT2D eigenvalue weighted by molar-refractivity contribution is 5.97. The highest BCUT2D eigenvalue weighted by atomic mass is 19.1. The summed E-state index contributed by atoms with van der Waals surface area (Å²) in [5.74, 6) is 0.801. The van der Waals surface area contributed by atoms with Gasteiger partial charge in [-0.05, 0) is 70.7 Å². The number of nitrogens with zero attached hydrogens (tertiary/aromatic N) is 6. The van der Waals surface area contributed by atoms with E-state index < -0.39 is 5.82 Å². The van der Waals surface area contributed by atoms with E-state index in [4.69, 9.17) is 14.2 Å². The summed E-state index contributed by atoms with van der Waals surface area (Å²) in [6.07, 6.45) is 4.70. The van der Waals surface area contributed by atoms with Gasteiger partial charge in [0.05, 0.1) is 24.8 Å². The zero-order chi connectivity index (χ0) is 32.6. The minimum Gasteiger partial charge on any atom is -0.434 e. The fourth-order valence-corrected chi connectivity index (χ4v) is 6.85. The highest BCUT2D eigenvalue weighted by Crippen LogP contribution is 2.44. The Morgan fingerprint density at radius 3 is 2.51 bits per heavy atom. The summed E-state index contributed by atoms with van der Waals surface area (Å²) < 4.78 is 31.1. The lowest BCUT2D eigenvalue weighted by atomic mass is 9.76. The maximum absolute atomic E-state index is 14.3. The molecular weight excluding hydrogens is 577 g/mol. The molecule has 1 aromatic carbocycles. The molecule has 2 aromatic rings. The third kappa shape index (κ3) is 8.66. The van der Waals surface area contributed by atoms with Crippen LogP contribution in [0.4, 0.5) is 10.2 Å². The van der Waals surface area contributed by atoms with Gasteiger partial charge in [0.1, 0.15) is 17.9 Å². The lowest BCUT2D eigenvalue weighted by Gasteiger charge is -2.53. The van der Waals surface area contributed by atoms with Crippen molar-refractivity contribution in [2.24, 2.45) is 11.3 Å². The molecule has 45 heavy (non-hydrogen) atoms. The van der Waals surface area contributed by atoms with E-state index >= 15 is 0 Å². The first-order chi connectivity index (χ1) is 21.6. The molecule has 2 aliphatic heterocycles. The van der Waals surface area contributed by atoms with Crippen LogP contribution in [-0.4, -0.2) is 116 Å². The number of benzene rings is 1. The number of rotatable bonds is 17. The predicted octanol–water partition coefficient (Wildman–Crippen LogP) is 4.24. The smallest absolute Gasteiger partial charge is 0.282 e. The molecule has 1 amide bonds. The van der Waals surface area contributed by atoms with Crippen molar-refractivity contribution in [1.29, 1.82) is 0 Å². The number of nitrogens with one attached hydrogen (secondary N) is 1. The highest BCUT2D eigenvalue weighted by Gasteiger charge is 2.50. The predicted molar refractivity (Wildman–Crippen MR) is 172 cm³/mol. The summed E-state index contributed by atoms with van der Waals surface area (Å²) in [7, 11) is 3.44. The van der Waals surface area contributed by atoms with E-state index in [1.54, 1.807) is 19.1 Å². The molecule has 1 aromatic heterocycles. The molecule has 11 nitrogen and oxygen atoms in total. The molecule has 1 unspecified atom stereocenters. The van der Waals surface area contributed by atoms with Crippen molar-refractivity contribution in [2.75, 3.05) is 71.6 Å². The first kappa shape index (κ1) is 34.9. The van der Waals surface area contributed by atoms with Crippen molar-refractivity contribution in [1.82, 2.24) is 30.3 Å². The number of amides is 1. The van der Waals surface area contributed by atoms with Crippen molar-refractivity contribution in [3.05, 3.63) is 35.9 Å². The number of likely N-dealkylation sites (tertiary alicyclic amines) is 1.